The first-order valence-electron chi connectivity index (χ1n) is 6.16. The lowest BCUT2D eigenvalue weighted by molar-refractivity contribution is -0.484. The highest BCUT2D eigenvalue weighted by Crippen LogP contribution is 2.28. The van der Waals surface area contributed by atoms with E-state index in [2.05, 4.69) is 0 Å². The van der Waals surface area contributed by atoms with E-state index in [1.807, 2.05) is 44.2 Å². The summed E-state index contributed by atoms with van der Waals surface area (Å²) in [4.78, 5) is 21.7. The molecule has 0 aliphatic carbocycles. The SMILES string of the molecule is CC(C)C[C@H](C=O)[C@@H](C[N+](=O)[O-])c1ccccc1. The maximum atomic E-state index is 11.2. The van der Waals surface area contributed by atoms with Gasteiger partial charge in [-0.15, -0.1) is 0 Å². The van der Waals surface area contributed by atoms with E-state index in [4.69, 9.17) is 0 Å². The van der Waals surface area contributed by atoms with Crippen molar-refractivity contribution in [1.82, 2.24) is 0 Å². The standard InChI is InChI=1S/C14H19NO3/c1-11(2)8-13(10-16)14(9-15(17)18)12-6-4-3-5-7-12/h3-7,10-11,13-14H,8-9H2,1-2H3/t13-,14+/m1/s1. The molecule has 98 valence electrons. The molecule has 0 saturated heterocycles. The number of carbonyl (C=O) groups is 1. The molecular weight excluding hydrogens is 230 g/mol. The maximum Gasteiger partial charge on any atom is 0.211 e. The van der Waals surface area contributed by atoms with E-state index in [0.717, 1.165) is 11.8 Å². The molecule has 0 heterocycles. The molecule has 2 atom stereocenters. The summed E-state index contributed by atoms with van der Waals surface area (Å²) in [5, 5.41) is 10.8. The van der Waals surface area contributed by atoms with Gasteiger partial charge < -0.3 is 4.79 Å². The molecule has 0 bridgehead atoms. The minimum absolute atomic E-state index is 0.194. The van der Waals surface area contributed by atoms with Crippen LogP contribution in [0.3, 0.4) is 0 Å². The van der Waals surface area contributed by atoms with Crippen LogP contribution in [-0.4, -0.2) is 17.8 Å². The van der Waals surface area contributed by atoms with Crippen molar-refractivity contribution in [2.45, 2.75) is 26.2 Å². The second-order valence-corrected chi connectivity index (χ2v) is 4.96. The van der Waals surface area contributed by atoms with Gasteiger partial charge in [0.15, 0.2) is 0 Å². The molecule has 0 radical (unpaired) electrons. The first-order valence-corrected chi connectivity index (χ1v) is 6.16. The van der Waals surface area contributed by atoms with Crippen LogP contribution >= 0.6 is 0 Å². The highest BCUT2D eigenvalue weighted by molar-refractivity contribution is 5.56. The van der Waals surface area contributed by atoms with E-state index in [9.17, 15) is 14.9 Å². The van der Waals surface area contributed by atoms with Crippen molar-refractivity contribution >= 4 is 6.29 Å². The van der Waals surface area contributed by atoms with Crippen molar-refractivity contribution in [3.05, 3.63) is 46.0 Å². The third kappa shape index (κ3) is 4.28. The Bertz CT molecular complexity index is 389. The fourth-order valence-corrected chi connectivity index (χ4v) is 2.21. The summed E-state index contributed by atoms with van der Waals surface area (Å²) >= 11 is 0. The van der Waals surface area contributed by atoms with Gasteiger partial charge in [0.25, 0.3) is 0 Å². The average molecular weight is 249 g/mol. The van der Waals surface area contributed by atoms with Gasteiger partial charge in [-0.05, 0) is 17.9 Å². The van der Waals surface area contributed by atoms with Crippen LogP contribution in [0.1, 0.15) is 31.7 Å². The fourth-order valence-electron chi connectivity index (χ4n) is 2.21. The van der Waals surface area contributed by atoms with Gasteiger partial charge in [-0.1, -0.05) is 44.2 Å². The van der Waals surface area contributed by atoms with Gasteiger partial charge in [-0.3, -0.25) is 10.1 Å². The molecule has 4 heteroatoms. The predicted molar refractivity (Wildman–Crippen MR) is 70.1 cm³/mol. The number of carbonyl (C=O) groups excluding carboxylic acids is 1. The van der Waals surface area contributed by atoms with Crippen molar-refractivity contribution in [3.8, 4) is 0 Å². The van der Waals surface area contributed by atoms with Crippen LogP contribution in [0.2, 0.25) is 0 Å². The Kier molecular flexibility index (Phi) is 5.49. The van der Waals surface area contributed by atoms with Crippen LogP contribution in [0.5, 0.6) is 0 Å². The number of hydrogen-bond donors (Lipinski definition) is 0. The van der Waals surface area contributed by atoms with Gasteiger partial charge in [-0.25, -0.2) is 0 Å². The molecule has 0 aliphatic heterocycles. The van der Waals surface area contributed by atoms with Crippen LogP contribution in [0.4, 0.5) is 0 Å². The number of nitrogens with zero attached hydrogens (tertiary/aromatic N) is 1. The highest BCUT2D eigenvalue weighted by Gasteiger charge is 2.28. The summed E-state index contributed by atoms with van der Waals surface area (Å²) in [6, 6.07) is 9.26. The zero-order valence-electron chi connectivity index (χ0n) is 10.8. The van der Waals surface area contributed by atoms with Gasteiger partial charge in [0.1, 0.15) is 6.29 Å². The number of benzene rings is 1. The van der Waals surface area contributed by atoms with Crippen LogP contribution < -0.4 is 0 Å². The Morgan fingerprint density at radius 2 is 1.89 bits per heavy atom. The first kappa shape index (κ1) is 14.4. The molecule has 18 heavy (non-hydrogen) atoms. The van der Waals surface area contributed by atoms with Gasteiger partial charge in [0, 0.05) is 10.8 Å². The summed E-state index contributed by atoms with van der Waals surface area (Å²) in [5.74, 6) is -0.280. The summed E-state index contributed by atoms with van der Waals surface area (Å²) in [7, 11) is 0. The third-order valence-corrected chi connectivity index (χ3v) is 3.01. The lowest BCUT2D eigenvalue weighted by atomic mass is 9.82. The summed E-state index contributed by atoms with van der Waals surface area (Å²) in [6.45, 7) is 3.84. The van der Waals surface area contributed by atoms with Gasteiger partial charge in [0.05, 0.1) is 5.92 Å². The van der Waals surface area contributed by atoms with Crippen LogP contribution in [0.15, 0.2) is 30.3 Å². The number of hydrogen-bond acceptors (Lipinski definition) is 3. The van der Waals surface area contributed by atoms with E-state index in [-0.39, 0.29) is 23.3 Å². The Balaban J connectivity index is 2.96. The minimum atomic E-state index is -0.339. The largest absolute Gasteiger partial charge is 0.303 e. The van der Waals surface area contributed by atoms with Gasteiger partial charge in [-0.2, -0.15) is 0 Å². The van der Waals surface area contributed by atoms with Crippen molar-refractivity contribution in [3.63, 3.8) is 0 Å². The third-order valence-electron chi connectivity index (χ3n) is 3.01. The quantitative estimate of drug-likeness (QED) is 0.424. The van der Waals surface area contributed by atoms with Crippen LogP contribution in [-0.2, 0) is 4.79 Å². The lowest BCUT2D eigenvalue weighted by Crippen LogP contribution is -2.23. The minimum Gasteiger partial charge on any atom is -0.303 e. The van der Waals surface area contributed by atoms with E-state index in [0.29, 0.717) is 12.3 Å². The molecule has 0 aromatic heterocycles. The smallest absolute Gasteiger partial charge is 0.211 e. The normalized spacial score (nSPS) is 14.2. The second kappa shape index (κ2) is 6.89. The predicted octanol–water partition coefficient (Wildman–Crippen LogP) is 2.91. The van der Waals surface area contributed by atoms with E-state index < -0.39 is 0 Å². The molecule has 0 amide bonds. The zero-order valence-corrected chi connectivity index (χ0v) is 10.8. The topological polar surface area (TPSA) is 60.2 Å². The molecule has 0 aliphatic rings. The molecule has 0 spiro atoms. The molecule has 0 fully saturated rings. The molecule has 4 nitrogen and oxygen atoms in total. The lowest BCUT2D eigenvalue weighted by Gasteiger charge is -2.21. The number of nitro groups is 1. The fraction of sp³-hybridized carbons (Fsp3) is 0.500. The van der Waals surface area contributed by atoms with Crippen LogP contribution in [0.25, 0.3) is 0 Å². The summed E-state index contributed by atoms with van der Waals surface area (Å²) in [5.41, 5.74) is 0.868. The van der Waals surface area contributed by atoms with Gasteiger partial charge in [0.2, 0.25) is 6.54 Å². The Labute approximate surface area is 107 Å². The van der Waals surface area contributed by atoms with Gasteiger partial charge >= 0.3 is 0 Å². The Hall–Kier alpha value is -1.71. The monoisotopic (exact) mass is 249 g/mol. The summed E-state index contributed by atoms with van der Waals surface area (Å²) in [6.07, 6.45) is 1.54. The van der Waals surface area contributed by atoms with Crippen molar-refractivity contribution < 1.29 is 9.72 Å². The van der Waals surface area contributed by atoms with E-state index >= 15 is 0 Å². The summed E-state index contributed by atoms with van der Waals surface area (Å²) < 4.78 is 0. The van der Waals surface area contributed by atoms with Crippen molar-refractivity contribution in [1.29, 1.82) is 0 Å². The Morgan fingerprint density at radius 1 is 1.28 bits per heavy atom. The first-order chi connectivity index (χ1) is 8.54. The molecule has 0 unspecified atom stereocenters. The molecule has 1 rings (SSSR count). The molecule has 0 N–H and O–H groups in total. The molecular formula is C14H19NO3. The molecule has 1 aromatic rings. The second-order valence-electron chi connectivity index (χ2n) is 4.96. The zero-order chi connectivity index (χ0) is 13.5. The van der Waals surface area contributed by atoms with Crippen LogP contribution in [0, 0.1) is 22.0 Å². The average Bonchev–Trinajstić information content (AvgIpc) is 2.34. The highest BCUT2D eigenvalue weighted by atomic mass is 16.6. The Morgan fingerprint density at radius 3 is 2.33 bits per heavy atom. The number of aldehydes is 1. The van der Waals surface area contributed by atoms with E-state index in [1.54, 1.807) is 0 Å². The van der Waals surface area contributed by atoms with E-state index in [1.165, 1.54) is 0 Å². The number of rotatable bonds is 7. The molecule has 0 saturated carbocycles. The molecule has 1 aromatic carbocycles. The van der Waals surface area contributed by atoms with Crippen molar-refractivity contribution in [2.75, 3.05) is 6.54 Å². The van der Waals surface area contributed by atoms with Crippen molar-refractivity contribution in [2.24, 2.45) is 11.8 Å². The maximum absolute atomic E-state index is 11.2.